The van der Waals surface area contributed by atoms with Crippen molar-refractivity contribution < 1.29 is 14.5 Å². The Hall–Kier alpha value is -3.44. The molecule has 236 valence electrons. The van der Waals surface area contributed by atoms with Crippen molar-refractivity contribution in [3.8, 4) is 11.8 Å². The number of rotatable bonds is 4. The van der Waals surface area contributed by atoms with Gasteiger partial charge in [0.1, 0.15) is 5.60 Å². The molecule has 4 aliphatic rings. The van der Waals surface area contributed by atoms with Crippen LogP contribution in [0.2, 0.25) is 0 Å². The standard InChI is InChI=1S/C42H45O3P/c1-40(2,3)25-26-42(44)24-23-38-36-21-17-30-27-31(43)18-22-35(30)39(36)37(28-41(38,42)4)29-15-19-34(20-16-29)46(45,32-11-7-5-8-12-32)33-13-9-6-10-14-33/h5-16,19-20,27,36-38,44H,17-18,21-24,28H2,1-4H3/t36-,37+,38-,41-,42+/m0/s1. The first-order chi connectivity index (χ1) is 21.9. The summed E-state index contributed by atoms with van der Waals surface area (Å²) in [5, 5.41) is 14.8. The summed E-state index contributed by atoms with van der Waals surface area (Å²) in [5.41, 5.74) is 3.70. The number of benzene rings is 3. The van der Waals surface area contributed by atoms with Gasteiger partial charge in [-0.2, -0.15) is 0 Å². The molecule has 7 rings (SSSR count). The van der Waals surface area contributed by atoms with Gasteiger partial charge in [-0.15, -0.1) is 0 Å². The number of ketones is 1. The summed E-state index contributed by atoms with van der Waals surface area (Å²) >= 11 is 0. The van der Waals surface area contributed by atoms with Gasteiger partial charge >= 0.3 is 0 Å². The second kappa shape index (κ2) is 11.4. The Labute approximate surface area is 274 Å². The number of carbonyl (C=O) groups excluding carboxylic acids is 1. The fraction of sp³-hybridized carbons (Fsp3) is 0.405. The van der Waals surface area contributed by atoms with Gasteiger partial charge in [-0.25, -0.2) is 0 Å². The number of allylic oxidation sites excluding steroid dienone is 4. The Kier molecular flexibility index (Phi) is 7.70. The minimum Gasteiger partial charge on any atom is -0.377 e. The molecule has 0 heterocycles. The second-order valence-electron chi connectivity index (χ2n) is 15.3. The van der Waals surface area contributed by atoms with E-state index in [1.807, 2.05) is 66.7 Å². The summed E-state index contributed by atoms with van der Waals surface area (Å²) in [6.45, 7) is 8.61. The summed E-state index contributed by atoms with van der Waals surface area (Å²) in [4.78, 5) is 12.5. The molecule has 3 aromatic carbocycles. The molecule has 3 aromatic rings. The van der Waals surface area contributed by atoms with Crippen LogP contribution in [0.3, 0.4) is 0 Å². The number of carbonyl (C=O) groups is 1. The van der Waals surface area contributed by atoms with E-state index in [4.69, 9.17) is 0 Å². The average Bonchev–Trinajstić information content (AvgIpc) is 3.33. The van der Waals surface area contributed by atoms with Crippen molar-refractivity contribution in [3.63, 3.8) is 0 Å². The molecule has 0 bridgehead atoms. The van der Waals surface area contributed by atoms with Crippen molar-refractivity contribution in [2.75, 3.05) is 0 Å². The Balaban J connectivity index is 1.36. The highest BCUT2D eigenvalue weighted by molar-refractivity contribution is 7.85. The summed E-state index contributed by atoms with van der Waals surface area (Å²) < 4.78 is 15.1. The van der Waals surface area contributed by atoms with Crippen molar-refractivity contribution in [2.45, 2.75) is 84.2 Å². The molecule has 0 aliphatic heterocycles. The highest BCUT2D eigenvalue weighted by Crippen LogP contribution is 2.66. The van der Waals surface area contributed by atoms with E-state index < -0.39 is 12.7 Å². The molecular weight excluding hydrogens is 583 g/mol. The molecule has 1 N–H and O–H groups in total. The zero-order valence-electron chi connectivity index (χ0n) is 27.6. The lowest BCUT2D eigenvalue weighted by molar-refractivity contribution is -0.114. The van der Waals surface area contributed by atoms with Crippen molar-refractivity contribution in [1.29, 1.82) is 0 Å². The first-order valence-corrected chi connectivity index (χ1v) is 18.7. The molecule has 0 amide bonds. The minimum atomic E-state index is -3.09. The van der Waals surface area contributed by atoms with Gasteiger partial charge in [-0.1, -0.05) is 109 Å². The van der Waals surface area contributed by atoms with E-state index in [2.05, 4.69) is 63.8 Å². The Bertz CT molecular complexity index is 1790. The molecule has 4 heteroatoms. The van der Waals surface area contributed by atoms with Crippen molar-refractivity contribution in [1.82, 2.24) is 0 Å². The van der Waals surface area contributed by atoms with Crippen molar-refractivity contribution in [3.05, 3.63) is 113 Å². The van der Waals surface area contributed by atoms with Crippen LogP contribution >= 0.6 is 7.14 Å². The van der Waals surface area contributed by atoms with Gasteiger partial charge in [-0.05, 0) is 93.9 Å². The Morgan fingerprint density at radius 2 is 1.43 bits per heavy atom. The van der Waals surface area contributed by atoms with Crippen LogP contribution in [0.1, 0.15) is 84.1 Å². The number of aliphatic hydroxyl groups is 1. The molecule has 0 radical (unpaired) electrons. The van der Waals surface area contributed by atoms with Crippen LogP contribution in [0.4, 0.5) is 0 Å². The number of hydrogen-bond acceptors (Lipinski definition) is 3. The topological polar surface area (TPSA) is 54.4 Å². The zero-order valence-corrected chi connectivity index (χ0v) is 28.4. The van der Waals surface area contributed by atoms with Gasteiger partial charge in [0, 0.05) is 39.1 Å². The average molecular weight is 629 g/mol. The quantitative estimate of drug-likeness (QED) is 0.235. The van der Waals surface area contributed by atoms with Crippen LogP contribution in [-0.2, 0) is 9.36 Å². The van der Waals surface area contributed by atoms with Crippen LogP contribution in [0.5, 0.6) is 0 Å². The molecule has 0 aromatic heterocycles. The molecule has 0 unspecified atom stereocenters. The second-order valence-corrected chi connectivity index (χ2v) is 18.0. The normalized spacial score (nSPS) is 29.2. The fourth-order valence-corrected chi connectivity index (χ4v) is 11.7. The third-order valence-electron chi connectivity index (χ3n) is 11.4. The lowest BCUT2D eigenvalue weighted by Gasteiger charge is -2.53. The van der Waals surface area contributed by atoms with E-state index in [9.17, 15) is 9.90 Å². The lowest BCUT2D eigenvalue weighted by atomic mass is 9.51. The van der Waals surface area contributed by atoms with Gasteiger partial charge in [0.05, 0.1) is 0 Å². The maximum absolute atomic E-state index is 15.1. The van der Waals surface area contributed by atoms with Gasteiger partial charge in [0.15, 0.2) is 12.9 Å². The summed E-state index contributed by atoms with van der Waals surface area (Å²) in [7, 11) is -3.09. The smallest absolute Gasteiger partial charge is 0.171 e. The highest BCUT2D eigenvalue weighted by Gasteiger charge is 2.62. The molecule has 0 spiro atoms. The van der Waals surface area contributed by atoms with E-state index in [-0.39, 0.29) is 22.5 Å². The van der Waals surface area contributed by atoms with Gasteiger partial charge < -0.3 is 9.67 Å². The van der Waals surface area contributed by atoms with Crippen LogP contribution in [0.25, 0.3) is 0 Å². The molecule has 5 atom stereocenters. The van der Waals surface area contributed by atoms with Gasteiger partial charge in [0.25, 0.3) is 0 Å². The number of hydrogen-bond donors (Lipinski definition) is 1. The molecule has 3 nitrogen and oxygen atoms in total. The first kappa shape index (κ1) is 31.2. The molecule has 46 heavy (non-hydrogen) atoms. The zero-order chi connectivity index (χ0) is 32.3. The number of fused-ring (bicyclic) bond motifs is 4. The van der Waals surface area contributed by atoms with Crippen LogP contribution in [0, 0.1) is 34.5 Å². The van der Waals surface area contributed by atoms with Gasteiger partial charge in [0.2, 0.25) is 0 Å². The molecule has 4 aliphatic carbocycles. The van der Waals surface area contributed by atoms with Crippen molar-refractivity contribution >= 4 is 28.8 Å². The minimum absolute atomic E-state index is 0.0982. The predicted molar refractivity (Wildman–Crippen MR) is 188 cm³/mol. The Morgan fingerprint density at radius 3 is 2.04 bits per heavy atom. The van der Waals surface area contributed by atoms with Gasteiger partial charge in [-0.3, -0.25) is 4.79 Å². The molecular formula is C42H45O3P. The van der Waals surface area contributed by atoms with Crippen LogP contribution in [0.15, 0.2) is 108 Å². The van der Waals surface area contributed by atoms with E-state index in [0.29, 0.717) is 24.7 Å². The van der Waals surface area contributed by atoms with Crippen LogP contribution in [-0.4, -0.2) is 16.5 Å². The fourth-order valence-electron chi connectivity index (χ4n) is 9.10. The molecule has 0 saturated heterocycles. The van der Waals surface area contributed by atoms with Crippen molar-refractivity contribution in [2.24, 2.45) is 22.7 Å². The maximum atomic E-state index is 15.1. The first-order valence-electron chi connectivity index (χ1n) is 17.0. The third-order valence-corrected chi connectivity index (χ3v) is 14.5. The maximum Gasteiger partial charge on any atom is 0.171 e. The lowest BCUT2D eigenvalue weighted by Crippen LogP contribution is -2.51. The largest absolute Gasteiger partial charge is 0.377 e. The Morgan fingerprint density at radius 1 is 0.826 bits per heavy atom. The van der Waals surface area contributed by atoms with E-state index in [1.54, 1.807) is 0 Å². The summed E-state index contributed by atoms with van der Waals surface area (Å²) in [6.07, 6.45) is 7.68. The van der Waals surface area contributed by atoms with Crippen LogP contribution < -0.4 is 15.9 Å². The predicted octanol–water partition coefficient (Wildman–Crippen LogP) is 8.01. The van der Waals surface area contributed by atoms with E-state index >= 15 is 4.57 Å². The molecule has 2 saturated carbocycles. The molecule has 2 fully saturated rings. The summed E-state index contributed by atoms with van der Waals surface area (Å²) in [6, 6.07) is 28.2. The highest BCUT2D eigenvalue weighted by atomic mass is 31.2. The van der Waals surface area contributed by atoms with E-state index in [1.165, 1.54) is 22.3 Å². The monoisotopic (exact) mass is 628 g/mol. The summed E-state index contributed by atoms with van der Waals surface area (Å²) in [5.74, 6) is 7.88. The van der Waals surface area contributed by atoms with E-state index in [0.717, 1.165) is 48.0 Å². The third kappa shape index (κ3) is 5.10. The SMILES string of the molecule is CC(C)(C)C#C[C@]1(O)CC[C@H]2[C@@H]3CCC4=CC(=O)CCC4=C3[C@@H](c3ccc(P(=O)(c4ccccc4)c4ccccc4)cc3)C[C@@]21C.